The summed E-state index contributed by atoms with van der Waals surface area (Å²) in [5.74, 6) is 0.574. The Balaban J connectivity index is 1.54. The van der Waals surface area contributed by atoms with Gasteiger partial charge < -0.3 is 15.5 Å². The number of nitrogens with zero attached hydrogens (tertiary/aromatic N) is 3. The van der Waals surface area contributed by atoms with Gasteiger partial charge >= 0.3 is 0 Å². The molecule has 1 aromatic heterocycles. The summed E-state index contributed by atoms with van der Waals surface area (Å²) >= 11 is 0. The predicted molar refractivity (Wildman–Crippen MR) is 93.5 cm³/mol. The molecule has 1 aromatic carbocycles. The first-order chi connectivity index (χ1) is 11.6. The van der Waals surface area contributed by atoms with E-state index in [0.717, 1.165) is 49.3 Å². The molecule has 2 atom stereocenters. The topological polar surface area (TPSA) is 62.2 Å². The van der Waals surface area contributed by atoms with Crippen LogP contribution in [0.5, 0.6) is 0 Å². The van der Waals surface area contributed by atoms with Gasteiger partial charge in [-0.1, -0.05) is 18.2 Å². The summed E-state index contributed by atoms with van der Waals surface area (Å²) in [7, 11) is 2.10. The lowest BCUT2D eigenvalue weighted by molar-refractivity contribution is -0.130. The monoisotopic (exact) mass is 327 g/mol. The third-order valence-electron chi connectivity index (χ3n) is 5.60. The molecule has 128 valence electrons. The SMILES string of the molecule is CCn1nc(CNC(=O)[C@@]23CNC[C@@H]2CN(C)C3)c2ccccc21. The number of hydrogen-bond acceptors (Lipinski definition) is 4. The summed E-state index contributed by atoms with van der Waals surface area (Å²) in [4.78, 5) is 15.2. The van der Waals surface area contributed by atoms with E-state index in [4.69, 9.17) is 0 Å². The van der Waals surface area contributed by atoms with Crippen molar-refractivity contribution >= 4 is 16.8 Å². The van der Waals surface area contributed by atoms with Crippen LogP contribution in [0.3, 0.4) is 0 Å². The van der Waals surface area contributed by atoms with Crippen LogP contribution in [0.4, 0.5) is 0 Å². The van der Waals surface area contributed by atoms with Crippen LogP contribution in [0, 0.1) is 11.3 Å². The molecule has 2 saturated heterocycles. The molecule has 0 bridgehead atoms. The van der Waals surface area contributed by atoms with Crippen LogP contribution in [0.15, 0.2) is 24.3 Å². The molecule has 0 spiro atoms. The highest BCUT2D eigenvalue weighted by atomic mass is 16.2. The van der Waals surface area contributed by atoms with Crippen LogP contribution < -0.4 is 10.6 Å². The molecule has 2 aliphatic heterocycles. The number of nitrogens with one attached hydrogen (secondary N) is 2. The van der Waals surface area contributed by atoms with Crippen LogP contribution >= 0.6 is 0 Å². The Morgan fingerprint density at radius 2 is 2.29 bits per heavy atom. The first kappa shape index (κ1) is 15.6. The number of aromatic nitrogens is 2. The number of carbonyl (C=O) groups excluding carboxylic acids is 1. The normalized spacial score (nSPS) is 26.8. The number of hydrogen-bond donors (Lipinski definition) is 2. The van der Waals surface area contributed by atoms with Crippen LogP contribution in [0.25, 0.3) is 10.9 Å². The van der Waals surface area contributed by atoms with Gasteiger partial charge in [0.15, 0.2) is 0 Å². The summed E-state index contributed by atoms with van der Waals surface area (Å²) in [5.41, 5.74) is 1.80. The number of amides is 1. The zero-order valence-electron chi connectivity index (χ0n) is 14.4. The summed E-state index contributed by atoms with van der Waals surface area (Å²) in [5, 5.41) is 12.4. The van der Waals surface area contributed by atoms with Gasteiger partial charge in [0.2, 0.25) is 5.91 Å². The predicted octanol–water partition coefficient (Wildman–Crippen LogP) is 0.824. The first-order valence-corrected chi connectivity index (χ1v) is 8.76. The average molecular weight is 327 g/mol. The highest BCUT2D eigenvalue weighted by Crippen LogP contribution is 2.38. The Morgan fingerprint density at radius 3 is 3.12 bits per heavy atom. The Morgan fingerprint density at radius 1 is 1.46 bits per heavy atom. The highest BCUT2D eigenvalue weighted by molar-refractivity contribution is 5.86. The van der Waals surface area contributed by atoms with Crippen LogP contribution in [-0.4, -0.2) is 53.8 Å². The van der Waals surface area contributed by atoms with Crippen molar-refractivity contribution in [2.45, 2.75) is 20.0 Å². The maximum atomic E-state index is 13.0. The van der Waals surface area contributed by atoms with Crippen LogP contribution in [0.2, 0.25) is 0 Å². The van der Waals surface area contributed by atoms with Gasteiger partial charge in [-0.05, 0) is 20.0 Å². The van der Waals surface area contributed by atoms with Crippen molar-refractivity contribution in [2.24, 2.45) is 11.3 Å². The fourth-order valence-electron chi connectivity index (χ4n) is 4.40. The van der Waals surface area contributed by atoms with Crippen LogP contribution in [-0.2, 0) is 17.9 Å². The molecule has 0 unspecified atom stereocenters. The van der Waals surface area contributed by atoms with Crippen LogP contribution in [0.1, 0.15) is 12.6 Å². The molecule has 1 amide bonds. The third-order valence-corrected chi connectivity index (χ3v) is 5.60. The van der Waals surface area contributed by atoms with Crippen molar-refractivity contribution in [1.29, 1.82) is 0 Å². The summed E-state index contributed by atoms with van der Waals surface area (Å²) < 4.78 is 2.00. The summed E-state index contributed by atoms with van der Waals surface area (Å²) in [6, 6.07) is 8.22. The zero-order valence-corrected chi connectivity index (χ0v) is 14.4. The van der Waals surface area contributed by atoms with Gasteiger partial charge in [-0.3, -0.25) is 9.48 Å². The highest BCUT2D eigenvalue weighted by Gasteiger charge is 2.53. The molecular weight excluding hydrogens is 302 g/mol. The molecule has 6 heteroatoms. The molecule has 3 heterocycles. The van der Waals surface area contributed by atoms with Crippen molar-refractivity contribution in [2.75, 3.05) is 33.2 Å². The molecule has 2 aromatic rings. The lowest BCUT2D eigenvalue weighted by Gasteiger charge is -2.26. The number of aryl methyl sites for hydroxylation is 1. The van der Waals surface area contributed by atoms with Gasteiger partial charge in [0, 0.05) is 44.0 Å². The smallest absolute Gasteiger partial charge is 0.229 e. The zero-order chi connectivity index (χ0) is 16.7. The van der Waals surface area contributed by atoms with E-state index in [-0.39, 0.29) is 11.3 Å². The quantitative estimate of drug-likeness (QED) is 0.873. The minimum atomic E-state index is -0.280. The Labute approximate surface area is 142 Å². The number of likely N-dealkylation sites (tertiary alicyclic amines) is 1. The maximum absolute atomic E-state index is 13.0. The van der Waals surface area contributed by atoms with Crippen molar-refractivity contribution in [3.05, 3.63) is 30.0 Å². The van der Waals surface area contributed by atoms with Crippen molar-refractivity contribution < 1.29 is 4.79 Å². The maximum Gasteiger partial charge on any atom is 0.229 e. The number of fused-ring (bicyclic) bond motifs is 2. The van der Waals surface area contributed by atoms with Crippen molar-refractivity contribution in [3.63, 3.8) is 0 Å². The fraction of sp³-hybridized carbons (Fsp3) is 0.556. The van der Waals surface area contributed by atoms with E-state index in [9.17, 15) is 4.79 Å². The Kier molecular flexibility index (Phi) is 3.81. The molecule has 2 fully saturated rings. The second-order valence-electron chi connectivity index (χ2n) is 7.14. The molecular formula is C18H25N5O. The van der Waals surface area contributed by atoms with Gasteiger partial charge in [-0.15, -0.1) is 0 Å². The molecule has 2 N–H and O–H groups in total. The molecule has 0 radical (unpaired) electrons. The molecule has 6 nitrogen and oxygen atoms in total. The van der Waals surface area contributed by atoms with Gasteiger partial charge in [-0.2, -0.15) is 5.10 Å². The largest absolute Gasteiger partial charge is 0.350 e. The van der Waals surface area contributed by atoms with E-state index in [1.807, 2.05) is 16.8 Å². The van der Waals surface area contributed by atoms with Crippen molar-refractivity contribution in [3.8, 4) is 0 Å². The Hall–Kier alpha value is -1.92. The Bertz CT molecular complexity index is 770. The number of rotatable bonds is 4. The second-order valence-corrected chi connectivity index (χ2v) is 7.14. The van der Waals surface area contributed by atoms with Gasteiger partial charge in [-0.25, -0.2) is 0 Å². The van der Waals surface area contributed by atoms with E-state index in [2.05, 4.69) is 46.7 Å². The van der Waals surface area contributed by atoms with Crippen molar-refractivity contribution in [1.82, 2.24) is 25.3 Å². The second kappa shape index (κ2) is 5.86. The van der Waals surface area contributed by atoms with Gasteiger partial charge in [0.1, 0.15) is 0 Å². The third kappa shape index (κ3) is 2.32. The summed E-state index contributed by atoms with van der Waals surface area (Å²) in [6.45, 7) is 6.95. The van der Waals surface area contributed by atoms with E-state index < -0.39 is 0 Å². The van der Waals surface area contributed by atoms with Gasteiger partial charge in [0.05, 0.1) is 23.2 Å². The summed E-state index contributed by atoms with van der Waals surface area (Å²) in [6.07, 6.45) is 0. The average Bonchev–Trinajstić information content (AvgIpc) is 3.23. The molecule has 0 aliphatic carbocycles. The number of para-hydroxylation sites is 1. The van der Waals surface area contributed by atoms with E-state index in [1.54, 1.807) is 0 Å². The lowest BCUT2D eigenvalue weighted by atomic mass is 9.80. The fourth-order valence-corrected chi connectivity index (χ4v) is 4.40. The molecule has 2 aliphatic rings. The van der Waals surface area contributed by atoms with E-state index in [0.29, 0.717) is 12.5 Å². The molecule has 4 rings (SSSR count). The first-order valence-electron chi connectivity index (χ1n) is 8.76. The minimum Gasteiger partial charge on any atom is -0.350 e. The van der Waals surface area contributed by atoms with E-state index in [1.165, 1.54) is 0 Å². The van der Waals surface area contributed by atoms with Gasteiger partial charge in [0.25, 0.3) is 0 Å². The minimum absolute atomic E-state index is 0.164. The number of carbonyl (C=O) groups is 1. The standard InChI is InChI=1S/C18H25N5O/c1-3-23-16-7-5-4-6-14(16)15(21-23)9-20-17(24)18-11-19-8-13(18)10-22(2)12-18/h4-7,13,19H,3,8-12H2,1-2H3,(H,20,24)/t13-,18-/m1/s1. The molecule has 24 heavy (non-hydrogen) atoms. The molecule has 0 saturated carbocycles. The number of benzene rings is 1. The lowest BCUT2D eigenvalue weighted by Crippen LogP contribution is -2.47. The van der Waals surface area contributed by atoms with E-state index >= 15 is 0 Å².